The zero-order valence-electron chi connectivity index (χ0n) is 14.9. The van der Waals surface area contributed by atoms with E-state index in [0.29, 0.717) is 37.4 Å². The Labute approximate surface area is 154 Å². The third-order valence-electron chi connectivity index (χ3n) is 5.19. The van der Waals surface area contributed by atoms with Crippen LogP contribution in [-0.4, -0.2) is 59.7 Å². The van der Waals surface area contributed by atoms with Gasteiger partial charge in [0.1, 0.15) is 11.6 Å². The van der Waals surface area contributed by atoms with E-state index in [-0.39, 0.29) is 6.42 Å². The van der Waals surface area contributed by atoms with E-state index in [4.69, 9.17) is 15.8 Å². The summed E-state index contributed by atoms with van der Waals surface area (Å²) in [5.74, 6) is 0.230. The summed E-state index contributed by atoms with van der Waals surface area (Å²) < 4.78 is 1.60. The van der Waals surface area contributed by atoms with Gasteiger partial charge in [0.25, 0.3) is 0 Å². The Bertz CT molecular complexity index is 988. The molecule has 1 fully saturated rings. The van der Waals surface area contributed by atoms with Crippen molar-refractivity contribution in [2.45, 2.75) is 31.8 Å². The maximum Gasteiger partial charge on any atom is 0.306 e. The van der Waals surface area contributed by atoms with Crippen LogP contribution in [0.25, 0.3) is 16.8 Å². The molecule has 0 atom stereocenters. The van der Waals surface area contributed by atoms with Gasteiger partial charge >= 0.3 is 5.97 Å². The highest BCUT2D eigenvalue weighted by Gasteiger charge is 2.35. The number of nitrogen functional groups attached to an aromatic ring is 1. The van der Waals surface area contributed by atoms with Gasteiger partial charge in [0, 0.05) is 36.0 Å². The topological polar surface area (TPSA) is 146 Å². The van der Waals surface area contributed by atoms with Crippen LogP contribution < -0.4 is 10.6 Å². The van der Waals surface area contributed by atoms with Gasteiger partial charge in [-0.05, 0) is 19.8 Å². The molecule has 1 aliphatic rings. The van der Waals surface area contributed by atoms with Gasteiger partial charge < -0.3 is 20.8 Å². The number of H-pyrrole nitrogens is 1. The number of carbonyl (C=O) groups is 1. The van der Waals surface area contributed by atoms with Gasteiger partial charge in [0.15, 0.2) is 5.65 Å². The highest BCUT2D eigenvalue weighted by atomic mass is 16.4. The summed E-state index contributed by atoms with van der Waals surface area (Å²) >= 11 is 0. The van der Waals surface area contributed by atoms with Gasteiger partial charge in [-0.15, -0.1) is 0 Å². The van der Waals surface area contributed by atoms with Crippen molar-refractivity contribution in [3.63, 3.8) is 0 Å². The number of fused-ring (bicyclic) bond motifs is 1. The Kier molecular flexibility index (Phi) is 3.99. The third-order valence-corrected chi connectivity index (χ3v) is 5.19. The average molecular weight is 371 g/mol. The van der Waals surface area contributed by atoms with Crippen molar-refractivity contribution in [2.75, 3.05) is 23.7 Å². The molecule has 5 N–H and O–H groups in total. The lowest BCUT2D eigenvalue weighted by Crippen LogP contribution is -2.46. The zero-order chi connectivity index (χ0) is 19.2. The Balaban J connectivity index is 1.69. The molecule has 0 amide bonds. The van der Waals surface area contributed by atoms with E-state index in [0.717, 1.165) is 22.5 Å². The fourth-order valence-electron chi connectivity index (χ4n) is 3.59. The number of carboxylic acid groups (broad SMARTS) is 1. The second-order valence-corrected chi connectivity index (χ2v) is 7.01. The molecule has 1 aliphatic heterocycles. The molecular weight excluding hydrogens is 350 g/mol. The number of nitrogens with zero attached hydrogens (tertiary/aromatic N) is 5. The summed E-state index contributed by atoms with van der Waals surface area (Å²) in [5.41, 5.74) is 8.22. The molecule has 27 heavy (non-hydrogen) atoms. The molecule has 0 aliphatic carbocycles. The van der Waals surface area contributed by atoms with Crippen LogP contribution >= 0.6 is 0 Å². The summed E-state index contributed by atoms with van der Waals surface area (Å²) in [6.07, 6.45) is 5.64. The van der Waals surface area contributed by atoms with E-state index in [9.17, 15) is 9.90 Å². The van der Waals surface area contributed by atoms with E-state index < -0.39 is 11.6 Å². The van der Waals surface area contributed by atoms with Crippen LogP contribution in [0.5, 0.6) is 0 Å². The first kappa shape index (κ1) is 17.3. The number of hydrogen-bond donors (Lipinski definition) is 4. The van der Waals surface area contributed by atoms with Crippen LogP contribution in [0.1, 0.15) is 24.8 Å². The number of aliphatic carboxylic acids is 1. The van der Waals surface area contributed by atoms with Gasteiger partial charge in [0.2, 0.25) is 0 Å². The number of anilines is 2. The SMILES string of the molecule is Cc1c(N2CCC(O)(CC(=O)O)CC2)nc2c(-c3cn[nH]c3)cnn2c1N. The maximum atomic E-state index is 11.0. The van der Waals surface area contributed by atoms with Crippen molar-refractivity contribution in [3.05, 3.63) is 24.2 Å². The van der Waals surface area contributed by atoms with E-state index in [1.54, 1.807) is 23.1 Å². The van der Waals surface area contributed by atoms with Crippen molar-refractivity contribution in [1.29, 1.82) is 0 Å². The van der Waals surface area contributed by atoms with Crippen LogP contribution in [0.4, 0.5) is 11.6 Å². The first-order valence-electron chi connectivity index (χ1n) is 8.70. The Morgan fingerprint density at radius 2 is 2.11 bits per heavy atom. The van der Waals surface area contributed by atoms with Crippen LogP contribution in [-0.2, 0) is 4.79 Å². The molecule has 0 aromatic carbocycles. The third kappa shape index (κ3) is 2.97. The lowest BCUT2D eigenvalue weighted by molar-refractivity contribution is -0.143. The number of hydrogen-bond acceptors (Lipinski definition) is 7. The van der Waals surface area contributed by atoms with Gasteiger partial charge in [-0.2, -0.15) is 14.7 Å². The number of carboxylic acids is 1. The predicted molar refractivity (Wildman–Crippen MR) is 98.4 cm³/mol. The molecule has 10 heteroatoms. The second-order valence-electron chi connectivity index (χ2n) is 7.01. The Morgan fingerprint density at radius 3 is 2.74 bits per heavy atom. The van der Waals surface area contributed by atoms with Crippen LogP contribution in [0.2, 0.25) is 0 Å². The molecule has 4 rings (SSSR count). The van der Waals surface area contributed by atoms with Crippen molar-refractivity contribution in [1.82, 2.24) is 24.8 Å². The van der Waals surface area contributed by atoms with E-state index in [2.05, 4.69) is 15.3 Å². The molecule has 0 saturated carbocycles. The van der Waals surface area contributed by atoms with Crippen LogP contribution in [0.3, 0.4) is 0 Å². The summed E-state index contributed by atoms with van der Waals surface area (Å²) in [6.45, 7) is 2.89. The largest absolute Gasteiger partial charge is 0.481 e. The number of aromatic amines is 1. The Hall–Kier alpha value is -3.14. The molecule has 0 bridgehead atoms. The zero-order valence-corrected chi connectivity index (χ0v) is 14.9. The van der Waals surface area contributed by atoms with E-state index in [1.807, 2.05) is 11.8 Å². The average Bonchev–Trinajstić information content (AvgIpc) is 3.27. The minimum Gasteiger partial charge on any atom is -0.481 e. The molecule has 10 nitrogen and oxygen atoms in total. The van der Waals surface area contributed by atoms with Crippen LogP contribution in [0, 0.1) is 6.92 Å². The lowest BCUT2D eigenvalue weighted by atomic mass is 9.88. The highest BCUT2D eigenvalue weighted by molar-refractivity contribution is 5.79. The maximum absolute atomic E-state index is 11.0. The number of aromatic nitrogens is 5. The minimum absolute atomic E-state index is 0.248. The van der Waals surface area contributed by atoms with Gasteiger partial charge in [-0.3, -0.25) is 9.89 Å². The number of nitrogens with two attached hydrogens (primary N) is 1. The summed E-state index contributed by atoms with van der Waals surface area (Å²) in [7, 11) is 0. The van der Waals surface area contributed by atoms with Gasteiger partial charge in [-0.25, -0.2) is 4.98 Å². The van der Waals surface area contributed by atoms with Crippen LogP contribution in [0.15, 0.2) is 18.6 Å². The van der Waals surface area contributed by atoms with E-state index >= 15 is 0 Å². The first-order chi connectivity index (χ1) is 12.9. The summed E-state index contributed by atoms with van der Waals surface area (Å²) in [5, 5.41) is 30.5. The number of piperidine rings is 1. The summed E-state index contributed by atoms with van der Waals surface area (Å²) in [6, 6.07) is 0. The van der Waals surface area contributed by atoms with Crippen molar-refractivity contribution in [3.8, 4) is 11.1 Å². The lowest BCUT2D eigenvalue weighted by Gasteiger charge is -2.38. The second kappa shape index (κ2) is 6.23. The number of rotatable bonds is 4. The molecule has 1 saturated heterocycles. The van der Waals surface area contributed by atoms with Gasteiger partial charge in [-0.1, -0.05) is 0 Å². The van der Waals surface area contributed by atoms with Crippen molar-refractivity contribution < 1.29 is 15.0 Å². The standard InChI is InChI=1S/C17H21N7O3/c1-10-14(18)24-16(12(9-21-24)11-7-19-20-8-11)22-15(10)23-4-2-17(27,3-5-23)6-13(25)26/h7-9,27H,2-6,18H2,1H3,(H,19,20)(H,25,26). The first-order valence-corrected chi connectivity index (χ1v) is 8.70. The number of nitrogens with one attached hydrogen (secondary N) is 1. The smallest absolute Gasteiger partial charge is 0.306 e. The molecule has 4 heterocycles. The normalized spacial score (nSPS) is 16.7. The highest BCUT2D eigenvalue weighted by Crippen LogP contribution is 2.33. The molecule has 3 aromatic rings. The molecule has 0 unspecified atom stereocenters. The monoisotopic (exact) mass is 371 g/mol. The van der Waals surface area contributed by atoms with Crippen molar-refractivity contribution >= 4 is 23.3 Å². The Morgan fingerprint density at radius 1 is 1.37 bits per heavy atom. The van der Waals surface area contributed by atoms with Crippen molar-refractivity contribution in [2.24, 2.45) is 0 Å². The molecule has 0 radical (unpaired) electrons. The summed E-state index contributed by atoms with van der Waals surface area (Å²) in [4.78, 5) is 17.8. The molecule has 142 valence electrons. The predicted octanol–water partition coefficient (Wildman–Crippen LogP) is 0.816. The fourth-order valence-corrected chi connectivity index (χ4v) is 3.59. The minimum atomic E-state index is -1.18. The molecule has 3 aromatic heterocycles. The van der Waals surface area contributed by atoms with Gasteiger partial charge in [0.05, 0.1) is 24.4 Å². The molecular formula is C17H21N7O3. The number of aliphatic hydroxyl groups is 1. The van der Waals surface area contributed by atoms with E-state index in [1.165, 1.54) is 0 Å². The molecule has 0 spiro atoms. The quantitative estimate of drug-likeness (QED) is 0.527. The fraction of sp³-hybridized carbons (Fsp3) is 0.412.